The van der Waals surface area contributed by atoms with Crippen molar-refractivity contribution in [3.8, 4) is 5.75 Å². The molecule has 4 rings (SSSR count). The summed E-state index contributed by atoms with van der Waals surface area (Å²) in [7, 11) is 0. The lowest BCUT2D eigenvalue weighted by Crippen LogP contribution is -2.33. The summed E-state index contributed by atoms with van der Waals surface area (Å²) < 4.78 is 11.0. The van der Waals surface area contributed by atoms with Crippen LogP contribution in [0, 0.1) is 5.92 Å². The first kappa shape index (κ1) is 29.6. The molecule has 3 aromatic rings. The number of thiophene rings is 1. The van der Waals surface area contributed by atoms with Crippen LogP contribution in [-0.2, 0) is 22.4 Å². The third-order valence-corrected chi connectivity index (χ3v) is 8.26. The second-order valence-corrected chi connectivity index (χ2v) is 11.3. The van der Waals surface area contributed by atoms with Gasteiger partial charge in [0.05, 0.1) is 28.4 Å². The number of nitrogens with zero attached hydrogens (tertiary/aromatic N) is 1. The summed E-state index contributed by atoms with van der Waals surface area (Å²) in [5.74, 6) is -0.300. The quantitative estimate of drug-likeness (QED) is 0.165. The van der Waals surface area contributed by atoms with E-state index < -0.39 is 18.0 Å². The van der Waals surface area contributed by atoms with Crippen molar-refractivity contribution >= 4 is 63.5 Å². The van der Waals surface area contributed by atoms with E-state index in [9.17, 15) is 14.4 Å². The highest BCUT2D eigenvalue weighted by molar-refractivity contribution is 7.17. The Morgan fingerprint density at radius 1 is 1.15 bits per heavy atom. The Balaban J connectivity index is 1.37. The van der Waals surface area contributed by atoms with E-state index in [0.717, 1.165) is 29.7 Å². The van der Waals surface area contributed by atoms with Gasteiger partial charge >= 0.3 is 5.97 Å². The predicted molar refractivity (Wildman–Crippen MR) is 158 cm³/mol. The predicted octanol–water partition coefficient (Wildman–Crippen LogP) is 6.53. The number of ether oxygens (including phenoxy) is 2. The van der Waals surface area contributed by atoms with E-state index in [0.29, 0.717) is 43.4 Å². The molecule has 8 nitrogen and oxygen atoms in total. The highest BCUT2D eigenvalue weighted by Crippen LogP contribution is 2.40. The number of fused-ring (bicyclic) bond motifs is 1. The van der Waals surface area contributed by atoms with Gasteiger partial charge < -0.3 is 14.8 Å². The maximum atomic E-state index is 13.0. The monoisotopic (exact) mass is 601 g/mol. The van der Waals surface area contributed by atoms with Crippen LogP contribution in [-0.4, -0.2) is 36.7 Å². The molecule has 2 aromatic carbocycles. The van der Waals surface area contributed by atoms with Gasteiger partial charge in [0, 0.05) is 10.4 Å². The normalized spacial score (nSPS) is 15.3. The summed E-state index contributed by atoms with van der Waals surface area (Å²) in [5.41, 5.74) is 4.91. The van der Waals surface area contributed by atoms with Gasteiger partial charge in [-0.2, -0.15) is 5.10 Å². The number of anilines is 1. The van der Waals surface area contributed by atoms with Crippen molar-refractivity contribution in [2.45, 2.75) is 46.1 Å². The first-order valence-electron chi connectivity index (χ1n) is 12.8. The average molecular weight is 603 g/mol. The molecule has 0 bridgehead atoms. The summed E-state index contributed by atoms with van der Waals surface area (Å²) >= 11 is 13.3. The third kappa shape index (κ3) is 7.21. The molecule has 11 heteroatoms. The van der Waals surface area contributed by atoms with Crippen LogP contribution < -0.4 is 15.5 Å². The number of hydrogen-bond acceptors (Lipinski definition) is 7. The van der Waals surface area contributed by atoms with Crippen LogP contribution >= 0.6 is 34.5 Å². The standard InChI is InChI=1S/C29H29Cl2N3O5S/c1-4-38-29(37)25-21-11-5-16(2)13-24(21)40-28(25)33-27(36)19-7-9-20(10-8-19)39-17(3)26(35)34-32-15-18-6-12-22(30)23(31)14-18/h6-10,12,14-17H,4-5,11,13H2,1-3H3,(H,33,36)(H,34,35). The summed E-state index contributed by atoms with van der Waals surface area (Å²) in [5, 5.41) is 8.14. The van der Waals surface area contributed by atoms with Crippen molar-refractivity contribution in [1.82, 2.24) is 5.43 Å². The fraction of sp³-hybridized carbons (Fsp3) is 0.310. The van der Waals surface area contributed by atoms with Crippen LogP contribution in [0.25, 0.3) is 0 Å². The Hall–Kier alpha value is -3.40. The van der Waals surface area contributed by atoms with Crippen molar-refractivity contribution < 1.29 is 23.9 Å². The number of amides is 2. The van der Waals surface area contributed by atoms with E-state index in [1.807, 2.05) is 0 Å². The highest BCUT2D eigenvalue weighted by Gasteiger charge is 2.29. The Labute approximate surface area is 246 Å². The zero-order chi connectivity index (χ0) is 28.8. The van der Waals surface area contributed by atoms with Crippen molar-refractivity contribution in [2.75, 3.05) is 11.9 Å². The summed E-state index contributed by atoms with van der Waals surface area (Å²) in [6.07, 6.45) is 3.25. The molecule has 1 heterocycles. The van der Waals surface area contributed by atoms with E-state index in [1.54, 1.807) is 56.3 Å². The SMILES string of the molecule is CCOC(=O)c1c(NC(=O)c2ccc(OC(C)C(=O)NN=Cc3ccc(Cl)c(Cl)c3)cc2)sc2c1CCC(C)C2. The molecule has 0 radical (unpaired) electrons. The minimum Gasteiger partial charge on any atom is -0.481 e. The lowest BCUT2D eigenvalue weighted by molar-refractivity contribution is -0.127. The largest absolute Gasteiger partial charge is 0.481 e. The molecular weight excluding hydrogens is 573 g/mol. The first-order valence-corrected chi connectivity index (χ1v) is 14.4. The Morgan fingerprint density at radius 2 is 1.90 bits per heavy atom. The van der Waals surface area contributed by atoms with Gasteiger partial charge in [-0.15, -0.1) is 11.3 Å². The maximum absolute atomic E-state index is 13.0. The van der Waals surface area contributed by atoms with E-state index >= 15 is 0 Å². The Morgan fingerprint density at radius 3 is 2.60 bits per heavy atom. The Bertz CT molecular complexity index is 1440. The van der Waals surface area contributed by atoms with Crippen molar-refractivity contribution in [3.63, 3.8) is 0 Å². The van der Waals surface area contributed by atoms with E-state index in [2.05, 4.69) is 22.8 Å². The van der Waals surface area contributed by atoms with Gasteiger partial charge in [0.2, 0.25) is 0 Å². The highest BCUT2D eigenvalue weighted by atomic mass is 35.5. The van der Waals surface area contributed by atoms with Gasteiger partial charge in [0.1, 0.15) is 10.8 Å². The molecule has 2 N–H and O–H groups in total. The molecular formula is C29H29Cl2N3O5S. The molecule has 2 atom stereocenters. The van der Waals surface area contributed by atoms with Gasteiger partial charge in [-0.3, -0.25) is 9.59 Å². The van der Waals surface area contributed by atoms with E-state index in [4.69, 9.17) is 32.7 Å². The third-order valence-electron chi connectivity index (χ3n) is 6.35. The van der Waals surface area contributed by atoms with Crippen molar-refractivity contribution in [1.29, 1.82) is 0 Å². The topological polar surface area (TPSA) is 106 Å². The molecule has 2 unspecified atom stereocenters. The minimum atomic E-state index is -0.849. The van der Waals surface area contributed by atoms with E-state index in [1.165, 1.54) is 17.6 Å². The molecule has 0 saturated carbocycles. The fourth-order valence-electron chi connectivity index (χ4n) is 4.23. The van der Waals surface area contributed by atoms with Crippen molar-refractivity contribution in [3.05, 3.63) is 79.6 Å². The molecule has 40 heavy (non-hydrogen) atoms. The second kappa shape index (κ2) is 13.3. The summed E-state index contributed by atoms with van der Waals surface area (Å²) in [6, 6.07) is 11.4. The smallest absolute Gasteiger partial charge is 0.341 e. The van der Waals surface area contributed by atoms with Crippen LogP contribution in [0.4, 0.5) is 5.00 Å². The van der Waals surface area contributed by atoms with Crippen LogP contribution in [0.5, 0.6) is 5.75 Å². The first-order chi connectivity index (χ1) is 19.2. The number of carbonyl (C=O) groups excluding carboxylic acids is 3. The van der Waals surface area contributed by atoms with E-state index in [-0.39, 0.29) is 12.5 Å². The van der Waals surface area contributed by atoms with Gasteiger partial charge in [-0.1, -0.05) is 36.2 Å². The molecule has 1 aliphatic rings. The van der Waals surface area contributed by atoms with Gasteiger partial charge in [0.25, 0.3) is 11.8 Å². The fourth-order valence-corrected chi connectivity index (χ4v) is 5.93. The van der Waals surface area contributed by atoms with Gasteiger partial charge in [-0.05, 0) is 86.6 Å². The molecule has 0 saturated heterocycles. The lowest BCUT2D eigenvalue weighted by atomic mass is 9.88. The number of hydrazone groups is 1. The second-order valence-electron chi connectivity index (χ2n) is 9.42. The number of rotatable bonds is 9. The van der Waals surface area contributed by atoms with Gasteiger partial charge in [-0.25, -0.2) is 10.2 Å². The number of nitrogens with one attached hydrogen (secondary N) is 2. The van der Waals surface area contributed by atoms with Crippen LogP contribution in [0.1, 0.15) is 63.9 Å². The molecule has 210 valence electrons. The van der Waals surface area contributed by atoms with Crippen LogP contribution in [0.15, 0.2) is 47.6 Å². The zero-order valence-corrected chi connectivity index (χ0v) is 24.6. The summed E-state index contributed by atoms with van der Waals surface area (Å²) in [4.78, 5) is 39.3. The molecule has 1 aliphatic carbocycles. The maximum Gasteiger partial charge on any atom is 0.341 e. The van der Waals surface area contributed by atoms with Crippen LogP contribution in [0.2, 0.25) is 10.0 Å². The zero-order valence-electron chi connectivity index (χ0n) is 22.3. The molecule has 1 aromatic heterocycles. The average Bonchev–Trinajstić information content (AvgIpc) is 3.27. The molecule has 0 spiro atoms. The van der Waals surface area contributed by atoms with Crippen LogP contribution in [0.3, 0.4) is 0 Å². The lowest BCUT2D eigenvalue weighted by Gasteiger charge is -2.18. The number of esters is 1. The van der Waals surface area contributed by atoms with Crippen molar-refractivity contribution in [2.24, 2.45) is 11.0 Å². The van der Waals surface area contributed by atoms with Gasteiger partial charge in [0.15, 0.2) is 6.10 Å². The summed E-state index contributed by atoms with van der Waals surface area (Å²) in [6.45, 7) is 5.79. The minimum absolute atomic E-state index is 0.259. The molecule has 2 amide bonds. The molecule has 0 aliphatic heterocycles. The number of halogens is 2. The Kier molecular flexibility index (Phi) is 9.84. The molecule has 0 fully saturated rings. The number of carbonyl (C=O) groups is 3. The number of hydrogen-bond donors (Lipinski definition) is 2. The number of benzene rings is 2.